The first-order valence-corrected chi connectivity index (χ1v) is 12.5. The molecule has 5 rings (SSSR count). The highest BCUT2D eigenvalue weighted by Gasteiger charge is 2.43. The van der Waals surface area contributed by atoms with E-state index < -0.39 is 0 Å². The first kappa shape index (κ1) is 21.9. The molecular formula is C27H33ClN2O2. The van der Waals surface area contributed by atoms with Crippen LogP contribution in [-0.4, -0.2) is 37.0 Å². The van der Waals surface area contributed by atoms with Gasteiger partial charge in [-0.1, -0.05) is 60.8 Å². The lowest BCUT2D eigenvalue weighted by Crippen LogP contribution is -2.45. The quantitative estimate of drug-likeness (QED) is 0.614. The van der Waals surface area contributed by atoms with Gasteiger partial charge in [-0.15, -0.1) is 0 Å². The van der Waals surface area contributed by atoms with Gasteiger partial charge < -0.3 is 15.0 Å². The van der Waals surface area contributed by atoms with Crippen LogP contribution in [0.2, 0.25) is 5.02 Å². The van der Waals surface area contributed by atoms with Crippen molar-refractivity contribution in [1.29, 1.82) is 0 Å². The van der Waals surface area contributed by atoms with Gasteiger partial charge in [0.2, 0.25) is 5.91 Å². The second-order valence-corrected chi connectivity index (χ2v) is 10.1. The molecular weight excluding hydrogens is 420 g/mol. The zero-order valence-electron chi connectivity index (χ0n) is 18.7. The number of halogens is 1. The third-order valence-corrected chi connectivity index (χ3v) is 8.15. The third-order valence-electron chi connectivity index (χ3n) is 7.90. The number of amides is 1. The number of rotatable bonds is 6. The summed E-state index contributed by atoms with van der Waals surface area (Å²) < 4.78 is 6.28. The van der Waals surface area contributed by atoms with E-state index in [-0.39, 0.29) is 16.9 Å². The minimum absolute atomic E-state index is 0.0747. The fraction of sp³-hybridized carbons (Fsp3) is 0.519. The number of carbonyl (C=O) groups is 1. The summed E-state index contributed by atoms with van der Waals surface area (Å²) in [5.41, 5.74) is 3.40. The largest absolute Gasteiger partial charge is 0.365 e. The van der Waals surface area contributed by atoms with Gasteiger partial charge in [0.1, 0.15) is 0 Å². The Balaban J connectivity index is 1.10. The molecule has 3 aliphatic rings. The number of piperidine rings is 1. The van der Waals surface area contributed by atoms with E-state index in [0.29, 0.717) is 0 Å². The first-order chi connectivity index (χ1) is 15.6. The molecule has 0 radical (unpaired) electrons. The first-order valence-electron chi connectivity index (χ1n) is 12.1. The fourth-order valence-electron chi connectivity index (χ4n) is 6.00. The number of carbonyl (C=O) groups excluding carboxylic acids is 1. The van der Waals surface area contributed by atoms with Crippen molar-refractivity contribution in [1.82, 2.24) is 10.2 Å². The van der Waals surface area contributed by atoms with Gasteiger partial charge in [-0.2, -0.15) is 0 Å². The van der Waals surface area contributed by atoms with Crippen molar-refractivity contribution in [2.24, 2.45) is 0 Å². The monoisotopic (exact) mass is 452 g/mol. The standard InChI is InChI=1S/C27H33ClN2O2/c28-23-10-8-22(9-11-23)26(12-3-4-13-26)25(31)29-16-5-17-30-18-14-27(15-19-30)24-7-2-1-6-21(24)20-32-27/h1-2,6-11H,3-5,12-20H2,(H,29,31). The van der Waals surface area contributed by atoms with Crippen LogP contribution in [0.3, 0.4) is 0 Å². The molecule has 4 nitrogen and oxygen atoms in total. The van der Waals surface area contributed by atoms with Crippen molar-refractivity contribution in [2.75, 3.05) is 26.2 Å². The minimum atomic E-state index is -0.380. The Bertz CT molecular complexity index is 944. The maximum absolute atomic E-state index is 13.2. The van der Waals surface area contributed by atoms with Crippen LogP contribution < -0.4 is 5.32 Å². The van der Waals surface area contributed by atoms with Gasteiger partial charge in [0.15, 0.2) is 0 Å². The Morgan fingerprint density at radius 2 is 1.72 bits per heavy atom. The molecule has 0 atom stereocenters. The van der Waals surface area contributed by atoms with Crippen molar-refractivity contribution in [2.45, 2.75) is 62.6 Å². The number of fused-ring (bicyclic) bond motifs is 2. The molecule has 1 amide bonds. The molecule has 2 aliphatic heterocycles. The Hall–Kier alpha value is -1.88. The highest BCUT2D eigenvalue weighted by atomic mass is 35.5. The lowest BCUT2D eigenvalue weighted by Gasteiger charge is -2.39. The molecule has 2 aromatic rings. The molecule has 1 saturated heterocycles. The molecule has 170 valence electrons. The van der Waals surface area contributed by atoms with E-state index in [2.05, 4.69) is 34.5 Å². The minimum Gasteiger partial charge on any atom is -0.365 e. The zero-order chi connectivity index (χ0) is 22.0. The number of hydrogen-bond donors (Lipinski definition) is 1. The van der Waals surface area contributed by atoms with Crippen LogP contribution >= 0.6 is 11.6 Å². The van der Waals surface area contributed by atoms with Gasteiger partial charge >= 0.3 is 0 Å². The molecule has 1 spiro atoms. The number of ether oxygens (including phenoxy) is 1. The van der Waals surface area contributed by atoms with Crippen molar-refractivity contribution in [3.05, 3.63) is 70.2 Å². The van der Waals surface area contributed by atoms with Gasteiger partial charge in [-0.3, -0.25) is 4.79 Å². The normalized spacial score (nSPS) is 21.5. The van der Waals surface area contributed by atoms with Crippen LogP contribution in [0, 0.1) is 0 Å². The topological polar surface area (TPSA) is 41.6 Å². The van der Waals surface area contributed by atoms with E-state index in [1.54, 1.807) is 0 Å². The van der Waals surface area contributed by atoms with Gasteiger partial charge in [0.25, 0.3) is 0 Å². The van der Waals surface area contributed by atoms with Gasteiger partial charge in [-0.25, -0.2) is 0 Å². The predicted octanol–water partition coefficient (Wildman–Crippen LogP) is 5.18. The number of nitrogens with zero attached hydrogens (tertiary/aromatic N) is 1. The molecule has 32 heavy (non-hydrogen) atoms. The Kier molecular flexibility index (Phi) is 6.28. The number of likely N-dealkylation sites (tertiary alicyclic amines) is 1. The average molecular weight is 453 g/mol. The molecule has 0 unspecified atom stereocenters. The van der Waals surface area contributed by atoms with E-state index >= 15 is 0 Å². The van der Waals surface area contributed by atoms with E-state index in [0.717, 1.165) is 88.3 Å². The van der Waals surface area contributed by atoms with Crippen molar-refractivity contribution < 1.29 is 9.53 Å². The van der Waals surface area contributed by atoms with Crippen LogP contribution in [0.4, 0.5) is 0 Å². The number of nitrogens with one attached hydrogen (secondary N) is 1. The highest BCUT2D eigenvalue weighted by molar-refractivity contribution is 6.30. The van der Waals surface area contributed by atoms with Gasteiger partial charge in [0, 0.05) is 24.7 Å². The molecule has 1 aliphatic carbocycles. The predicted molar refractivity (Wildman–Crippen MR) is 128 cm³/mol. The zero-order valence-corrected chi connectivity index (χ0v) is 19.5. The fourth-order valence-corrected chi connectivity index (χ4v) is 6.13. The molecule has 5 heteroatoms. The molecule has 0 aromatic heterocycles. The summed E-state index contributed by atoms with van der Waals surface area (Å²) in [6.07, 6.45) is 7.15. The summed E-state index contributed by atoms with van der Waals surface area (Å²) in [6, 6.07) is 16.5. The summed E-state index contributed by atoms with van der Waals surface area (Å²) in [5, 5.41) is 3.98. The van der Waals surface area contributed by atoms with Gasteiger partial charge in [0.05, 0.1) is 17.6 Å². The smallest absolute Gasteiger partial charge is 0.230 e. The maximum atomic E-state index is 13.2. The van der Waals surface area contributed by atoms with E-state index in [4.69, 9.17) is 16.3 Å². The lowest BCUT2D eigenvalue weighted by atomic mass is 9.78. The van der Waals surface area contributed by atoms with Crippen molar-refractivity contribution in [3.8, 4) is 0 Å². The van der Waals surface area contributed by atoms with Crippen LogP contribution in [0.25, 0.3) is 0 Å². The summed E-state index contributed by atoms with van der Waals surface area (Å²) in [5.74, 6) is 0.186. The number of hydrogen-bond acceptors (Lipinski definition) is 3. The summed E-state index contributed by atoms with van der Waals surface area (Å²) in [6.45, 7) is 4.60. The Labute approximate surface area is 196 Å². The molecule has 2 heterocycles. The van der Waals surface area contributed by atoms with Crippen molar-refractivity contribution >= 4 is 17.5 Å². The third kappa shape index (κ3) is 4.09. The maximum Gasteiger partial charge on any atom is 0.230 e. The molecule has 2 aromatic carbocycles. The molecule has 0 bridgehead atoms. The summed E-state index contributed by atoms with van der Waals surface area (Å²) in [7, 11) is 0. The second kappa shape index (κ2) is 9.17. The van der Waals surface area contributed by atoms with Crippen LogP contribution in [0.15, 0.2) is 48.5 Å². The van der Waals surface area contributed by atoms with E-state index in [9.17, 15) is 4.79 Å². The Morgan fingerprint density at radius 1 is 1.00 bits per heavy atom. The van der Waals surface area contributed by atoms with E-state index in [1.807, 2.05) is 24.3 Å². The second-order valence-electron chi connectivity index (χ2n) is 9.69. The Morgan fingerprint density at radius 3 is 2.47 bits per heavy atom. The highest BCUT2D eigenvalue weighted by Crippen LogP contribution is 2.44. The number of benzene rings is 2. The summed E-state index contributed by atoms with van der Waals surface area (Å²) >= 11 is 6.07. The van der Waals surface area contributed by atoms with E-state index in [1.165, 1.54) is 11.1 Å². The molecule has 1 N–H and O–H groups in total. The van der Waals surface area contributed by atoms with Crippen LogP contribution in [-0.2, 0) is 27.2 Å². The van der Waals surface area contributed by atoms with Gasteiger partial charge in [-0.05, 0) is 67.5 Å². The van der Waals surface area contributed by atoms with Crippen LogP contribution in [0.5, 0.6) is 0 Å². The van der Waals surface area contributed by atoms with Crippen LogP contribution in [0.1, 0.15) is 61.6 Å². The lowest BCUT2D eigenvalue weighted by molar-refractivity contribution is -0.126. The molecule has 1 saturated carbocycles. The average Bonchev–Trinajstić information content (AvgIpc) is 3.46. The molecule has 2 fully saturated rings. The van der Waals surface area contributed by atoms with Crippen molar-refractivity contribution in [3.63, 3.8) is 0 Å². The SMILES string of the molecule is O=C(NCCCN1CCC2(CC1)OCc1ccccc12)C1(c2ccc(Cl)cc2)CCCC1. The summed E-state index contributed by atoms with van der Waals surface area (Å²) in [4.78, 5) is 15.7.